The van der Waals surface area contributed by atoms with Gasteiger partial charge in [0.05, 0.1) is 10.9 Å². The van der Waals surface area contributed by atoms with Crippen LogP contribution in [-0.4, -0.2) is 19.5 Å². The molecule has 1 N–H and O–H groups in total. The molecule has 24 heavy (non-hydrogen) atoms. The highest BCUT2D eigenvalue weighted by Gasteiger charge is 2.15. The standard InChI is InChI=1S/C18H13IN5/c1-11-2-3-13(19)6-15(11)16-9-24(8-12(16)7-20)18-14-4-5-21-17(14)22-10-23-18/h2-6,8-10,19H,1H3,(H,21,22,23)/q+1. The van der Waals surface area contributed by atoms with Gasteiger partial charge < -0.3 is 9.55 Å². The number of aromatic amines is 1. The summed E-state index contributed by atoms with van der Waals surface area (Å²) in [4.78, 5) is 11.7. The Morgan fingerprint density at radius 3 is 2.88 bits per heavy atom. The van der Waals surface area contributed by atoms with E-state index in [-0.39, 0.29) is 0 Å². The Kier molecular flexibility index (Phi) is 3.58. The molecule has 0 bridgehead atoms. The Morgan fingerprint density at radius 2 is 2.04 bits per heavy atom. The highest BCUT2D eigenvalue weighted by Crippen LogP contribution is 2.29. The fourth-order valence-electron chi connectivity index (χ4n) is 2.84. The van der Waals surface area contributed by atoms with Crippen LogP contribution in [0.25, 0.3) is 28.0 Å². The number of aromatic nitrogens is 4. The lowest BCUT2D eigenvalue weighted by molar-refractivity contribution is -0.328. The van der Waals surface area contributed by atoms with Gasteiger partial charge in [-0.15, -0.1) is 0 Å². The van der Waals surface area contributed by atoms with Gasteiger partial charge in [0.15, 0.2) is 3.57 Å². The van der Waals surface area contributed by atoms with Gasteiger partial charge in [-0.1, -0.05) is 6.07 Å². The van der Waals surface area contributed by atoms with E-state index in [1.165, 1.54) is 9.90 Å². The Hall–Kier alpha value is -2.66. The zero-order chi connectivity index (χ0) is 16.7. The number of nitrogens with zero attached hydrogens (tertiary/aromatic N) is 4. The van der Waals surface area contributed by atoms with Crippen LogP contribution in [0.3, 0.4) is 0 Å². The lowest BCUT2D eigenvalue weighted by atomic mass is 10.0. The molecule has 0 amide bonds. The minimum atomic E-state index is 0.632. The minimum Gasteiger partial charge on any atom is -0.346 e. The van der Waals surface area contributed by atoms with Crippen molar-refractivity contribution in [3.63, 3.8) is 0 Å². The molecule has 116 valence electrons. The zero-order valence-corrected chi connectivity index (χ0v) is 15.1. The van der Waals surface area contributed by atoms with E-state index < -0.39 is 0 Å². The fourth-order valence-corrected chi connectivity index (χ4v) is 3.37. The largest absolute Gasteiger partial charge is 0.346 e. The molecular weight excluding hydrogens is 413 g/mol. The van der Waals surface area contributed by atoms with Crippen molar-refractivity contribution >= 4 is 11.0 Å². The number of nitrogens with one attached hydrogen (secondary N) is 1. The Balaban J connectivity index is 1.95. The Bertz CT molecular complexity index is 1100. The van der Waals surface area contributed by atoms with Gasteiger partial charge in [0.1, 0.15) is 23.9 Å². The molecule has 5 nitrogen and oxygen atoms in total. The third kappa shape index (κ3) is 2.37. The van der Waals surface area contributed by atoms with Gasteiger partial charge in [0.25, 0.3) is 22.6 Å². The third-order valence-electron chi connectivity index (χ3n) is 4.02. The summed E-state index contributed by atoms with van der Waals surface area (Å²) in [5.74, 6) is 0.759. The summed E-state index contributed by atoms with van der Waals surface area (Å²) < 4.78 is 3.08. The molecule has 4 aromatic rings. The molecule has 6 heteroatoms. The van der Waals surface area contributed by atoms with E-state index in [9.17, 15) is 5.26 Å². The average molecular weight is 426 g/mol. The van der Waals surface area contributed by atoms with Crippen LogP contribution in [0.5, 0.6) is 0 Å². The van der Waals surface area contributed by atoms with E-state index in [4.69, 9.17) is 0 Å². The molecule has 0 aliphatic carbocycles. The molecule has 0 aliphatic rings. The second-order valence-corrected chi connectivity index (χ2v) is 6.86. The molecule has 3 aromatic heterocycles. The Morgan fingerprint density at radius 1 is 1.17 bits per heavy atom. The number of H-pyrrole nitrogens is 1. The molecule has 1 aromatic carbocycles. The van der Waals surface area contributed by atoms with Crippen LogP contribution in [0.4, 0.5) is 0 Å². The topological polar surface area (TPSA) is 70.3 Å². The second kappa shape index (κ2) is 5.76. The van der Waals surface area contributed by atoms with Gasteiger partial charge in [0.2, 0.25) is 0 Å². The molecule has 0 saturated heterocycles. The molecule has 0 atom stereocenters. The van der Waals surface area contributed by atoms with Crippen LogP contribution in [0.2, 0.25) is 0 Å². The zero-order valence-electron chi connectivity index (χ0n) is 12.8. The number of aryl methyl sites for hydroxylation is 1. The van der Waals surface area contributed by atoms with E-state index in [0.717, 1.165) is 33.5 Å². The van der Waals surface area contributed by atoms with Crippen LogP contribution < -0.4 is 22.6 Å². The number of nitriles is 1. The van der Waals surface area contributed by atoms with Crippen molar-refractivity contribution in [1.29, 1.82) is 5.26 Å². The minimum absolute atomic E-state index is 0.632. The van der Waals surface area contributed by atoms with Crippen LogP contribution in [0, 0.1) is 21.8 Å². The monoisotopic (exact) mass is 426 g/mol. The summed E-state index contributed by atoms with van der Waals surface area (Å²) in [5, 5.41) is 10.5. The first kappa shape index (κ1) is 14.9. The fraction of sp³-hybridized carbons (Fsp3) is 0.0556. The quantitative estimate of drug-likeness (QED) is 0.461. The number of rotatable bonds is 2. The first-order valence-electron chi connectivity index (χ1n) is 7.36. The van der Waals surface area contributed by atoms with E-state index in [1.807, 2.05) is 51.8 Å². The first-order valence-corrected chi connectivity index (χ1v) is 8.52. The predicted molar refractivity (Wildman–Crippen MR) is 88.2 cm³/mol. The Labute approximate surface area is 152 Å². The highest BCUT2D eigenvalue weighted by molar-refractivity contribution is 5.83. The number of halogens is 1. The molecule has 4 rings (SSSR count). The van der Waals surface area contributed by atoms with Crippen molar-refractivity contribution in [2.24, 2.45) is 0 Å². The lowest BCUT2D eigenvalue weighted by Crippen LogP contribution is -3.34. The summed E-state index contributed by atoms with van der Waals surface area (Å²) in [7, 11) is 0. The predicted octanol–water partition coefficient (Wildman–Crippen LogP) is 0.0509. The van der Waals surface area contributed by atoms with Crippen molar-refractivity contribution in [3.05, 3.63) is 63.9 Å². The van der Waals surface area contributed by atoms with Gasteiger partial charge in [-0.05, 0) is 36.2 Å². The molecule has 0 radical (unpaired) electrons. The summed E-state index contributed by atoms with van der Waals surface area (Å²) >= 11 is 1.98. The van der Waals surface area contributed by atoms with Gasteiger partial charge in [-0.25, -0.2) is 9.97 Å². The molecule has 3 heterocycles. The molecular formula is C18H13IN5+. The summed E-state index contributed by atoms with van der Waals surface area (Å²) in [6, 6.07) is 10.5. The van der Waals surface area contributed by atoms with E-state index >= 15 is 0 Å². The molecule has 0 spiro atoms. The van der Waals surface area contributed by atoms with Crippen molar-refractivity contribution in [3.8, 4) is 23.0 Å². The SMILES string of the molecule is Cc1ccc([IH+])cc1-c1cn(-c2ncnc3[nH]ccc23)cc1C#N. The van der Waals surface area contributed by atoms with Crippen LogP contribution >= 0.6 is 0 Å². The van der Waals surface area contributed by atoms with Crippen LogP contribution in [0.15, 0.2) is 49.2 Å². The molecule has 0 unspecified atom stereocenters. The van der Waals surface area contributed by atoms with E-state index in [0.29, 0.717) is 5.56 Å². The van der Waals surface area contributed by atoms with E-state index in [2.05, 4.69) is 46.1 Å². The number of fused-ring (bicyclic) bond motifs is 1. The lowest BCUT2D eigenvalue weighted by Gasteiger charge is -2.04. The number of benzene rings is 1. The van der Waals surface area contributed by atoms with E-state index in [1.54, 1.807) is 0 Å². The first-order chi connectivity index (χ1) is 11.7. The van der Waals surface area contributed by atoms with Crippen molar-refractivity contribution < 1.29 is 22.6 Å². The van der Waals surface area contributed by atoms with Crippen molar-refractivity contribution in [2.45, 2.75) is 6.92 Å². The molecule has 0 aliphatic heterocycles. The van der Waals surface area contributed by atoms with Crippen molar-refractivity contribution in [2.75, 3.05) is 0 Å². The number of hydrogen-bond donors (Lipinski definition) is 1. The van der Waals surface area contributed by atoms with Gasteiger partial charge in [-0.3, -0.25) is 0 Å². The molecule has 0 fully saturated rings. The van der Waals surface area contributed by atoms with Crippen molar-refractivity contribution in [1.82, 2.24) is 19.5 Å². The highest BCUT2D eigenvalue weighted by atomic mass is 127. The maximum Gasteiger partial charge on any atom is 0.296 e. The smallest absolute Gasteiger partial charge is 0.296 e. The normalized spacial score (nSPS) is 10.9. The summed E-state index contributed by atoms with van der Waals surface area (Å²) in [5.41, 5.74) is 4.55. The van der Waals surface area contributed by atoms with Gasteiger partial charge in [0, 0.05) is 24.2 Å². The number of hydrogen-bond acceptors (Lipinski definition) is 3. The van der Waals surface area contributed by atoms with Gasteiger partial charge >= 0.3 is 0 Å². The summed E-state index contributed by atoms with van der Waals surface area (Å²) in [6.07, 6.45) is 7.16. The van der Waals surface area contributed by atoms with Crippen LogP contribution in [-0.2, 0) is 0 Å². The van der Waals surface area contributed by atoms with Gasteiger partial charge in [-0.2, -0.15) is 5.26 Å². The average Bonchev–Trinajstić information content (AvgIpc) is 3.23. The second-order valence-electron chi connectivity index (χ2n) is 5.52. The molecule has 0 saturated carbocycles. The van der Waals surface area contributed by atoms with Crippen LogP contribution in [0.1, 0.15) is 11.1 Å². The summed E-state index contributed by atoms with van der Waals surface area (Å²) in [6.45, 7) is 2.06. The third-order valence-corrected chi connectivity index (χ3v) is 4.75. The maximum atomic E-state index is 9.57. The maximum absolute atomic E-state index is 9.57.